The van der Waals surface area contributed by atoms with Crippen LogP contribution in [0.15, 0.2) is 42.5 Å². The molecular formula is C23H24N2O5. The number of aromatic nitrogens is 1. The quantitative estimate of drug-likeness (QED) is 0.273. The summed E-state index contributed by atoms with van der Waals surface area (Å²) < 4.78 is 11.6. The summed E-state index contributed by atoms with van der Waals surface area (Å²) in [5.74, 6) is -0.332. The van der Waals surface area contributed by atoms with Crippen molar-refractivity contribution in [2.24, 2.45) is 0 Å². The lowest BCUT2D eigenvalue weighted by Gasteiger charge is -2.36. The molecule has 0 fully saturated rings. The Labute approximate surface area is 174 Å². The van der Waals surface area contributed by atoms with Crippen molar-refractivity contribution in [3.05, 3.63) is 69.4 Å². The highest BCUT2D eigenvalue weighted by Gasteiger charge is 2.41. The van der Waals surface area contributed by atoms with Gasteiger partial charge in [-0.25, -0.2) is 0 Å². The monoisotopic (exact) mass is 408 g/mol. The molecule has 0 bridgehead atoms. The van der Waals surface area contributed by atoms with Gasteiger partial charge in [-0.3, -0.25) is 14.9 Å². The van der Waals surface area contributed by atoms with Crippen LogP contribution in [0.5, 0.6) is 5.75 Å². The van der Waals surface area contributed by atoms with Crippen LogP contribution in [-0.2, 0) is 28.0 Å². The Morgan fingerprint density at radius 2 is 2.07 bits per heavy atom. The van der Waals surface area contributed by atoms with Crippen LogP contribution in [0.3, 0.4) is 0 Å². The topological polar surface area (TPSA) is 94.5 Å². The number of carbonyl (C=O) groups excluding carboxylic acids is 1. The molecular weight excluding hydrogens is 384 g/mol. The maximum Gasteiger partial charge on any atom is 0.314 e. The van der Waals surface area contributed by atoms with Crippen LogP contribution in [-0.4, -0.2) is 22.5 Å². The zero-order chi connectivity index (χ0) is 21.3. The highest BCUT2D eigenvalue weighted by atomic mass is 16.6. The van der Waals surface area contributed by atoms with Crippen LogP contribution < -0.4 is 4.74 Å². The standard InChI is InChI=1S/C23H24N2O5/c1-3-15-7-5-10-18-19-11-12-29-23(4-2,22(19)24-21(15)18)14-20(26)30-17-9-6-8-16(13-17)25(27)28/h5-10,13,24H,3-4,11-12,14H2,1-2H3. The fourth-order valence-corrected chi connectivity index (χ4v) is 4.30. The molecule has 3 aromatic rings. The number of nitro benzene ring substituents is 1. The second kappa shape index (κ2) is 7.91. The fraction of sp³-hybridized carbons (Fsp3) is 0.348. The van der Waals surface area contributed by atoms with E-state index in [4.69, 9.17) is 9.47 Å². The summed E-state index contributed by atoms with van der Waals surface area (Å²) in [6.07, 6.45) is 2.31. The van der Waals surface area contributed by atoms with Gasteiger partial charge in [0.05, 0.1) is 29.7 Å². The Morgan fingerprint density at radius 3 is 2.80 bits per heavy atom. The van der Waals surface area contributed by atoms with Crippen LogP contribution in [0, 0.1) is 10.1 Å². The van der Waals surface area contributed by atoms with Crippen LogP contribution in [0.1, 0.15) is 43.5 Å². The minimum absolute atomic E-state index is 0.0213. The van der Waals surface area contributed by atoms with Crippen molar-refractivity contribution in [3.63, 3.8) is 0 Å². The lowest BCUT2D eigenvalue weighted by atomic mass is 9.86. The molecule has 30 heavy (non-hydrogen) atoms. The number of nitro groups is 1. The van der Waals surface area contributed by atoms with E-state index >= 15 is 0 Å². The fourth-order valence-electron chi connectivity index (χ4n) is 4.30. The Morgan fingerprint density at radius 1 is 1.27 bits per heavy atom. The maximum absolute atomic E-state index is 12.8. The van der Waals surface area contributed by atoms with Gasteiger partial charge in [-0.05, 0) is 36.5 Å². The van der Waals surface area contributed by atoms with Crippen LogP contribution in [0.2, 0.25) is 0 Å². The van der Waals surface area contributed by atoms with Crippen molar-refractivity contribution >= 4 is 22.6 Å². The summed E-state index contributed by atoms with van der Waals surface area (Å²) in [6, 6.07) is 11.9. The smallest absolute Gasteiger partial charge is 0.314 e. The zero-order valence-corrected chi connectivity index (χ0v) is 17.1. The highest BCUT2D eigenvalue weighted by Crippen LogP contribution is 2.42. The Hall–Kier alpha value is -3.19. The molecule has 0 spiro atoms. The number of aromatic amines is 1. The van der Waals surface area contributed by atoms with E-state index in [0.717, 1.165) is 24.1 Å². The molecule has 4 rings (SSSR count). The number of hydrogen-bond acceptors (Lipinski definition) is 5. The van der Waals surface area contributed by atoms with E-state index in [-0.39, 0.29) is 17.9 Å². The summed E-state index contributed by atoms with van der Waals surface area (Å²) in [5.41, 5.74) is 3.52. The van der Waals surface area contributed by atoms with E-state index in [1.807, 2.05) is 6.92 Å². The third-order valence-electron chi connectivity index (χ3n) is 5.86. The van der Waals surface area contributed by atoms with Gasteiger partial charge in [-0.2, -0.15) is 0 Å². The number of aryl methyl sites for hydroxylation is 1. The molecule has 1 aliphatic rings. The van der Waals surface area contributed by atoms with E-state index in [0.29, 0.717) is 13.0 Å². The third-order valence-corrected chi connectivity index (χ3v) is 5.86. The maximum atomic E-state index is 12.8. The van der Waals surface area contributed by atoms with Gasteiger partial charge in [0.2, 0.25) is 0 Å². The predicted molar refractivity (Wildman–Crippen MR) is 113 cm³/mol. The van der Waals surface area contributed by atoms with Gasteiger partial charge in [-0.15, -0.1) is 0 Å². The average Bonchev–Trinajstić information content (AvgIpc) is 3.14. The number of nitrogens with zero attached hydrogens (tertiary/aromatic N) is 1. The van der Waals surface area contributed by atoms with Gasteiger partial charge in [0.15, 0.2) is 0 Å². The molecule has 1 aliphatic heterocycles. The molecule has 1 unspecified atom stereocenters. The Balaban J connectivity index is 1.66. The summed E-state index contributed by atoms with van der Waals surface area (Å²) in [4.78, 5) is 26.8. The van der Waals surface area contributed by atoms with Crippen molar-refractivity contribution in [1.29, 1.82) is 0 Å². The molecule has 0 saturated carbocycles. The van der Waals surface area contributed by atoms with Crippen LogP contribution in [0.25, 0.3) is 10.9 Å². The van der Waals surface area contributed by atoms with E-state index in [1.165, 1.54) is 40.8 Å². The average molecular weight is 408 g/mol. The second-order valence-corrected chi connectivity index (χ2v) is 7.52. The number of esters is 1. The second-order valence-electron chi connectivity index (χ2n) is 7.52. The normalized spacial score (nSPS) is 18.2. The largest absolute Gasteiger partial charge is 0.426 e. The first kappa shape index (κ1) is 20.1. The van der Waals surface area contributed by atoms with Gasteiger partial charge < -0.3 is 14.5 Å². The first-order valence-corrected chi connectivity index (χ1v) is 10.2. The molecule has 7 heteroatoms. The van der Waals surface area contributed by atoms with Gasteiger partial charge in [-0.1, -0.05) is 38.1 Å². The number of fused-ring (bicyclic) bond motifs is 3. The highest BCUT2D eigenvalue weighted by molar-refractivity contribution is 5.88. The Kier molecular flexibility index (Phi) is 5.30. The minimum Gasteiger partial charge on any atom is -0.426 e. The number of nitrogens with one attached hydrogen (secondary N) is 1. The van der Waals surface area contributed by atoms with Gasteiger partial charge in [0.1, 0.15) is 11.4 Å². The van der Waals surface area contributed by atoms with Gasteiger partial charge >= 0.3 is 5.97 Å². The molecule has 2 aromatic carbocycles. The molecule has 1 atom stereocenters. The first-order valence-electron chi connectivity index (χ1n) is 10.2. The molecule has 2 heterocycles. The summed E-state index contributed by atoms with van der Waals surface area (Å²) >= 11 is 0. The van der Waals surface area contributed by atoms with Crippen molar-refractivity contribution < 1.29 is 19.2 Å². The number of benzene rings is 2. The number of para-hydroxylation sites is 1. The number of carbonyl (C=O) groups is 1. The number of non-ortho nitro benzene ring substituents is 1. The summed E-state index contributed by atoms with van der Waals surface area (Å²) in [6.45, 7) is 4.63. The number of H-pyrrole nitrogens is 1. The SMILES string of the molecule is CCc1cccc2c3c([nH]c12)C(CC)(CC(=O)Oc1cccc([N+](=O)[O-])c1)OCC3. The summed E-state index contributed by atoms with van der Waals surface area (Å²) in [7, 11) is 0. The lowest BCUT2D eigenvalue weighted by Crippen LogP contribution is -2.38. The predicted octanol–water partition coefficient (Wildman–Crippen LogP) is 4.81. The molecule has 0 radical (unpaired) electrons. The Bertz CT molecular complexity index is 1120. The molecule has 0 saturated heterocycles. The van der Waals surface area contributed by atoms with E-state index in [9.17, 15) is 14.9 Å². The zero-order valence-electron chi connectivity index (χ0n) is 17.1. The van der Waals surface area contributed by atoms with Gasteiger partial charge in [0.25, 0.3) is 5.69 Å². The van der Waals surface area contributed by atoms with E-state index in [1.54, 1.807) is 0 Å². The van der Waals surface area contributed by atoms with E-state index < -0.39 is 16.5 Å². The number of ether oxygens (including phenoxy) is 2. The van der Waals surface area contributed by atoms with Gasteiger partial charge in [0, 0.05) is 17.0 Å². The van der Waals surface area contributed by atoms with Crippen molar-refractivity contribution in [2.75, 3.05) is 6.61 Å². The molecule has 156 valence electrons. The molecule has 7 nitrogen and oxygen atoms in total. The number of hydrogen-bond donors (Lipinski definition) is 1. The van der Waals surface area contributed by atoms with Crippen molar-refractivity contribution in [2.45, 2.75) is 45.1 Å². The molecule has 0 amide bonds. The van der Waals surface area contributed by atoms with Crippen molar-refractivity contribution in [1.82, 2.24) is 4.98 Å². The molecule has 1 N–H and O–H groups in total. The third kappa shape index (κ3) is 3.45. The van der Waals surface area contributed by atoms with Crippen molar-refractivity contribution in [3.8, 4) is 5.75 Å². The first-order chi connectivity index (χ1) is 14.5. The minimum atomic E-state index is -0.810. The number of rotatable bonds is 6. The van der Waals surface area contributed by atoms with Crippen LogP contribution in [0.4, 0.5) is 5.69 Å². The van der Waals surface area contributed by atoms with E-state index in [2.05, 4.69) is 30.1 Å². The summed E-state index contributed by atoms with van der Waals surface area (Å²) in [5, 5.41) is 12.1. The molecule has 0 aliphatic carbocycles. The van der Waals surface area contributed by atoms with Crippen LogP contribution >= 0.6 is 0 Å². The lowest BCUT2D eigenvalue weighted by molar-refractivity contribution is -0.384. The molecule has 1 aromatic heterocycles.